The second kappa shape index (κ2) is 5.89. The molecule has 1 saturated heterocycles. The monoisotopic (exact) mass is 310 g/mol. The van der Waals surface area contributed by atoms with Crippen LogP contribution in [-0.2, 0) is 11.3 Å². The minimum atomic E-state index is -0.844. The zero-order valence-corrected chi connectivity index (χ0v) is 13.1. The molecule has 2 rings (SSSR count). The van der Waals surface area contributed by atoms with Gasteiger partial charge in [0.2, 0.25) is 0 Å². The molecule has 0 radical (unpaired) electrons. The van der Waals surface area contributed by atoms with Crippen LogP contribution in [0.3, 0.4) is 0 Å². The third-order valence-electron chi connectivity index (χ3n) is 3.64. The van der Waals surface area contributed by atoms with Gasteiger partial charge in [0.1, 0.15) is 11.4 Å². The molecule has 1 aromatic heterocycles. The molecule has 1 aliphatic heterocycles. The van der Waals surface area contributed by atoms with Crippen LogP contribution < -0.4 is 10.6 Å². The number of pyridine rings is 1. The van der Waals surface area contributed by atoms with Crippen molar-refractivity contribution in [1.29, 1.82) is 0 Å². The van der Waals surface area contributed by atoms with E-state index in [9.17, 15) is 9.59 Å². The second-order valence-corrected chi connectivity index (χ2v) is 5.57. The molecule has 114 valence electrons. The van der Waals surface area contributed by atoms with Crippen molar-refractivity contribution in [3.63, 3.8) is 0 Å². The van der Waals surface area contributed by atoms with Crippen molar-refractivity contribution < 1.29 is 9.59 Å². The summed E-state index contributed by atoms with van der Waals surface area (Å²) in [6.45, 7) is 6.33. The number of rotatable bonds is 5. The first kappa shape index (κ1) is 15.6. The Morgan fingerprint density at radius 2 is 2.10 bits per heavy atom. The Hall–Kier alpha value is -1.82. The van der Waals surface area contributed by atoms with E-state index >= 15 is 0 Å². The maximum atomic E-state index is 12.4. The van der Waals surface area contributed by atoms with Crippen LogP contribution in [0.25, 0.3) is 0 Å². The van der Waals surface area contributed by atoms with Crippen molar-refractivity contribution in [2.24, 2.45) is 0 Å². The molecular formula is C14H19ClN4O2. The van der Waals surface area contributed by atoms with Crippen molar-refractivity contribution in [3.05, 3.63) is 22.8 Å². The minimum Gasteiger partial charge on any atom is -0.370 e. The zero-order valence-electron chi connectivity index (χ0n) is 12.4. The highest BCUT2D eigenvalue weighted by Gasteiger charge is 2.46. The Morgan fingerprint density at radius 3 is 2.67 bits per heavy atom. The summed E-state index contributed by atoms with van der Waals surface area (Å²) in [5.74, 6) is 0.420. The molecule has 21 heavy (non-hydrogen) atoms. The van der Waals surface area contributed by atoms with E-state index < -0.39 is 11.6 Å². The summed E-state index contributed by atoms with van der Waals surface area (Å²) in [5.41, 5.74) is -0.345. The summed E-state index contributed by atoms with van der Waals surface area (Å²) in [5, 5.41) is 6.22. The third-order valence-corrected chi connectivity index (χ3v) is 3.98. The molecule has 7 heteroatoms. The molecule has 1 unspecified atom stereocenters. The molecule has 0 aliphatic carbocycles. The molecule has 3 amide bonds. The van der Waals surface area contributed by atoms with Crippen LogP contribution in [0.15, 0.2) is 12.1 Å². The van der Waals surface area contributed by atoms with E-state index in [0.717, 1.165) is 11.4 Å². The molecule has 2 N–H and O–H groups in total. The van der Waals surface area contributed by atoms with Crippen LogP contribution in [-0.4, -0.2) is 33.9 Å². The van der Waals surface area contributed by atoms with Gasteiger partial charge in [-0.1, -0.05) is 18.5 Å². The number of imide groups is 1. The number of carbonyl (C=O) groups excluding carboxylic acids is 2. The predicted octanol–water partition coefficient (Wildman–Crippen LogP) is 2.39. The largest absolute Gasteiger partial charge is 0.370 e. The number of halogens is 1. The maximum absolute atomic E-state index is 12.4. The molecule has 0 saturated carbocycles. The fraction of sp³-hybridized carbons (Fsp3) is 0.500. The fourth-order valence-corrected chi connectivity index (χ4v) is 2.32. The van der Waals surface area contributed by atoms with Gasteiger partial charge in [0.05, 0.1) is 17.3 Å². The molecule has 0 aromatic carbocycles. The molecule has 1 atom stereocenters. The molecule has 2 heterocycles. The zero-order chi connectivity index (χ0) is 15.6. The van der Waals surface area contributed by atoms with Gasteiger partial charge in [-0.2, -0.15) is 0 Å². The highest BCUT2D eigenvalue weighted by atomic mass is 35.5. The summed E-state index contributed by atoms with van der Waals surface area (Å²) in [6.07, 6.45) is 0.534. The number of hydrogen-bond donors (Lipinski definition) is 2. The van der Waals surface area contributed by atoms with Crippen LogP contribution in [0.4, 0.5) is 10.6 Å². The average molecular weight is 311 g/mol. The third kappa shape index (κ3) is 2.95. The van der Waals surface area contributed by atoms with Gasteiger partial charge in [0.25, 0.3) is 5.91 Å². The number of nitrogens with zero attached hydrogens (tertiary/aromatic N) is 2. The SMILES string of the molecule is CCNc1ccc(Cl)c(CN2C(=O)NC(C)(CC)C2=O)n1. The van der Waals surface area contributed by atoms with E-state index in [-0.39, 0.29) is 12.5 Å². The average Bonchev–Trinajstić information content (AvgIpc) is 2.67. The smallest absolute Gasteiger partial charge is 0.325 e. The van der Waals surface area contributed by atoms with Gasteiger partial charge < -0.3 is 10.6 Å². The number of carbonyl (C=O) groups is 2. The summed E-state index contributed by atoms with van der Waals surface area (Å²) in [6, 6.07) is 3.06. The quantitative estimate of drug-likeness (QED) is 0.819. The van der Waals surface area contributed by atoms with Crippen LogP contribution in [0.5, 0.6) is 0 Å². The Balaban J connectivity index is 2.24. The van der Waals surface area contributed by atoms with Gasteiger partial charge >= 0.3 is 6.03 Å². The Labute approximate surface area is 128 Å². The van der Waals surface area contributed by atoms with Crippen LogP contribution in [0.2, 0.25) is 5.02 Å². The fourth-order valence-electron chi connectivity index (χ4n) is 2.15. The first-order valence-corrected chi connectivity index (χ1v) is 7.32. The summed E-state index contributed by atoms with van der Waals surface area (Å²) in [4.78, 5) is 29.9. The van der Waals surface area contributed by atoms with Gasteiger partial charge in [-0.15, -0.1) is 0 Å². The number of hydrogen-bond acceptors (Lipinski definition) is 4. The number of anilines is 1. The van der Waals surface area contributed by atoms with E-state index in [2.05, 4.69) is 15.6 Å². The topological polar surface area (TPSA) is 74.3 Å². The molecular weight excluding hydrogens is 292 g/mol. The van der Waals surface area contributed by atoms with E-state index in [1.165, 1.54) is 0 Å². The number of amides is 3. The Bertz CT molecular complexity index is 578. The van der Waals surface area contributed by atoms with Crippen molar-refractivity contribution in [2.75, 3.05) is 11.9 Å². The number of aromatic nitrogens is 1. The molecule has 0 bridgehead atoms. The minimum absolute atomic E-state index is 0.0678. The van der Waals surface area contributed by atoms with Crippen LogP contribution >= 0.6 is 11.6 Å². The highest BCUT2D eigenvalue weighted by molar-refractivity contribution is 6.31. The van der Waals surface area contributed by atoms with Gasteiger partial charge in [-0.25, -0.2) is 9.78 Å². The van der Waals surface area contributed by atoms with Crippen molar-refractivity contribution in [3.8, 4) is 0 Å². The lowest BCUT2D eigenvalue weighted by atomic mass is 9.99. The molecule has 1 aliphatic rings. The van der Waals surface area contributed by atoms with Crippen LogP contribution in [0.1, 0.15) is 32.9 Å². The normalized spacial score (nSPS) is 21.6. The van der Waals surface area contributed by atoms with Crippen LogP contribution in [0, 0.1) is 0 Å². The van der Waals surface area contributed by atoms with Gasteiger partial charge in [-0.3, -0.25) is 9.69 Å². The lowest BCUT2D eigenvalue weighted by Gasteiger charge is -2.19. The first-order chi connectivity index (χ1) is 9.91. The van der Waals surface area contributed by atoms with Gasteiger partial charge in [0, 0.05) is 6.54 Å². The van der Waals surface area contributed by atoms with Gasteiger partial charge in [0.15, 0.2) is 0 Å². The summed E-state index contributed by atoms with van der Waals surface area (Å²) >= 11 is 6.12. The number of nitrogens with one attached hydrogen (secondary N) is 2. The Morgan fingerprint density at radius 1 is 1.38 bits per heavy atom. The summed E-state index contributed by atoms with van der Waals surface area (Å²) in [7, 11) is 0. The predicted molar refractivity (Wildman–Crippen MR) is 81.2 cm³/mol. The summed E-state index contributed by atoms with van der Waals surface area (Å²) < 4.78 is 0. The molecule has 1 fully saturated rings. The van der Waals surface area contributed by atoms with E-state index in [4.69, 9.17) is 11.6 Å². The lowest BCUT2D eigenvalue weighted by molar-refractivity contribution is -0.131. The molecule has 1 aromatic rings. The first-order valence-electron chi connectivity index (χ1n) is 6.94. The van der Waals surface area contributed by atoms with E-state index in [1.54, 1.807) is 19.1 Å². The van der Waals surface area contributed by atoms with Crippen molar-refractivity contribution in [1.82, 2.24) is 15.2 Å². The maximum Gasteiger partial charge on any atom is 0.325 e. The molecule has 0 spiro atoms. The lowest BCUT2D eigenvalue weighted by Crippen LogP contribution is -2.43. The van der Waals surface area contributed by atoms with Crippen molar-refractivity contribution in [2.45, 2.75) is 39.3 Å². The molecule has 6 nitrogen and oxygen atoms in total. The Kier molecular flexibility index (Phi) is 4.37. The van der Waals surface area contributed by atoms with E-state index in [0.29, 0.717) is 23.0 Å². The van der Waals surface area contributed by atoms with Crippen molar-refractivity contribution >= 4 is 29.4 Å². The van der Waals surface area contributed by atoms with E-state index in [1.807, 2.05) is 13.8 Å². The van der Waals surface area contributed by atoms with Gasteiger partial charge in [-0.05, 0) is 32.4 Å². The number of urea groups is 1. The second-order valence-electron chi connectivity index (χ2n) is 5.16. The standard InChI is InChI=1S/C14H19ClN4O2/c1-4-14(3)12(20)19(13(21)18-14)8-10-9(15)6-7-11(17-10)16-5-2/h6-7H,4-5,8H2,1-3H3,(H,16,17)(H,18,21). The highest BCUT2D eigenvalue weighted by Crippen LogP contribution is 2.25.